The van der Waals surface area contributed by atoms with E-state index in [-0.39, 0.29) is 6.04 Å². The van der Waals surface area contributed by atoms with Crippen molar-refractivity contribution in [3.05, 3.63) is 35.9 Å². The minimum atomic E-state index is 0.248. The van der Waals surface area contributed by atoms with Gasteiger partial charge in [-0.3, -0.25) is 0 Å². The van der Waals surface area contributed by atoms with Crippen LogP contribution >= 0.6 is 0 Å². The fourth-order valence-electron chi connectivity index (χ4n) is 2.38. The lowest BCUT2D eigenvalue weighted by Crippen LogP contribution is -2.32. The molecule has 0 bridgehead atoms. The second kappa shape index (κ2) is 6.23. The Balaban J connectivity index is 2.17. The van der Waals surface area contributed by atoms with E-state index in [0.29, 0.717) is 5.92 Å². The molecule has 0 spiro atoms. The molecule has 2 N–H and O–H groups in total. The largest absolute Gasteiger partial charge is 0.359 e. The standard InChI is InChI=1S/C17H25N3/c1-12(2)15(18)9-10-20(4)17-13(3)11-14-7-5-6-8-16(14)19-17/h5-8,11-12,15H,9-10,18H2,1-4H3. The second-order valence-corrected chi connectivity index (χ2v) is 5.94. The fraction of sp³-hybridized carbons (Fsp3) is 0.471. The van der Waals surface area contributed by atoms with Crippen LogP contribution in [0.4, 0.5) is 5.82 Å². The number of aryl methyl sites for hydroxylation is 1. The van der Waals surface area contributed by atoms with E-state index in [2.05, 4.69) is 57.0 Å². The summed E-state index contributed by atoms with van der Waals surface area (Å²) in [5, 5.41) is 1.20. The van der Waals surface area contributed by atoms with E-state index in [1.165, 1.54) is 10.9 Å². The summed E-state index contributed by atoms with van der Waals surface area (Å²) in [5.41, 5.74) is 8.39. The van der Waals surface area contributed by atoms with E-state index >= 15 is 0 Å². The van der Waals surface area contributed by atoms with Crippen molar-refractivity contribution in [1.29, 1.82) is 0 Å². The third-order valence-electron chi connectivity index (χ3n) is 3.90. The van der Waals surface area contributed by atoms with Crippen LogP contribution in [-0.2, 0) is 0 Å². The van der Waals surface area contributed by atoms with E-state index in [1.807, 2.05) is 6.07 Å². The highest BCUT2D eigenvalue weighted by atomic mass is 15.2. The number of fused-ring (bicyclic) bond motifs is 1. The van der Waals surface area contributed by atoms with Crippen molar-refractivity contribution < 1.29 is 0 Å². The van der Waals surface area contributed by atoms with Crippen LogP contribution in [0.25, 0.3) is 10.9 Å². The van der Waals surface area contributed by atoms with Gasteiger partial charge in [-0.15, -0.1) is 0 Å². The number of hydrogen-bond acceptors (Lipinski definition) is 3. The molecule has 2 aromatic rings. The van der Waals surface area contributed by atoms with Crippen LogP contribution in [0.1, 0.15) is 25.8 Å². The monoisotopic (exact) mass is 271 g/mol. The van der Waals surface area contributed by atoms with Crippen molar-refractivity contribution in [3.8, 4) is 0 Å². The summed E-state index contributed by atoms with van der Waals surface area (Å²) in [4.78, 5) is 6.99. The molecule has 20 heavy (non-hydrogen) atoms. The molecule has 1 unspecified atom stereocenters. The number of aromatic nitrogens is 1. The lowest BCUT2D eigenvalue weighted by molar-refractivity contribution is 0.465. The number of para-hydroxylation sites is 1. The molecule has 0 radical (unpaired) electrons. The predicted octanol–water partition coefficient (Wildman–Crippen LogP) is 3.35. The number of nitrogens with zero attached hydrogens (tertiary/aromatic N) is 2. The van der Waals surface area contributed by atoms with Crippen molar-refractivity contribution >= 4 is 16.7 Å². The molecule has 0 aliphatic rings. The Morgan fingerprint density at radius 1 is 1.25 bits per heavy atom. The Morgan fingerprint density at radius 3 is 2.65 bits per heavy atom. The Bertz CT molecular complexity index is 577. The highest BCUT2D eigenvalue weighted by Crippen LogP contribution is 2.22. The molecule has 108 valence electrons. The summed E-state index contributed by atoms with van der Waals surface area (Å²) >= 11 is 0. The van der Waals surface area contributed by atoms with Crippen LogP contribution < -0.4 is 10.6 Å². The van der Waals surface area contributed by atoms with Gasteiger partial charge in [0, 0.05) is 25.0 Å². The summed E-state index contributed by atoms with van der Waals surface area (Å²) < 4.78 is 0. The fourth-order valence-corrected chi connectivity index (χ4v) is 2.38. The van der Waals surface area contributed by atoms with Gasteiger partial charge >= 0.3 is 0 Å². The molecule has 0 aliphatic carbocycles. The van der Waals surface area contributed by atoms with Gasteiger partial charge in [-0.2, -0.15) is 0 Å². The summed E-state index contributed by atoms with van der Waals surface area (Å²) in [7, 11) is 2.09. The smallest absolute Gasteiger partial charge is 0.131 e. The highest BCUT2D eigenvalue weighted by Gasteiger charge is 2.12. The molecular formula is C17H25N3. The third kappa shape index (κ3) is 3.28. The van der Waals surface area contributed by atoms with Crippen LogP contribution in [-0.4, -0.2) is 24.6 Å². The number of anilines is 1. The molecular weight excluding hydrogens is 246 g/mol. The molecule has 1 atom stereocenters. The Hall–Kier alpha value is -1.61. The van der Waals surface area contributed by atoms with E-state index in [4.69, 9.17) is 10.7 Å². The maximum atomic E-state index is 6.12. The van der Waals surface area contributed by atoms with Gasteiger partial charge in [-0.05, 0) is 37.0 Å². The van der Waals surface area contributed by atoms with Crippen LogP contribution in [0, 0.1) is 12.8 Å². The zero-order valence-corrected chi connectivity index (χ0v) is 12.9. The first-order chi connectivity index (χ1) is 9.49. The SMILES string of the molecule is Cc1cc2ccccc2nc1N(C)CCC(N)C(C)C. The Morgan fingerprint density at radius 2 is 1.95 bits per heavy atom. The highest BCUT2D eigenvalue weighted by molar-refractivity contribution is 5.81. The van der Waals surface area contributed by atoms with Crippen molar-refractivity contribution in [2.45, 2.75) is 33.2 Å². The van der Waals surface area contributed by atoms with Gasteiger partial charge in [0.2, 0.25) is 0 Å². The molecule has 0 saturated heterocycles. The number of benzene rings is 1. The Labute approximate surface area is 121 Å². The van der Waals surface area contributed by atoms with Crippen molar-refractivity contribution in [2.24, 2.45) is 11.7 Å². The minimum absolute atomic E-state index is 0.248. The molecule has 0 fully saturated rings. The summed E-state index contributed by atoms with van der Waals surface area (Å²) in [6.45, 7) is 7.40. The minimum Gasteiger partial charge on any atom is -0.359 e. The van der Waals surface area contributed by atoms with E-state index in [1.54, 1.807) is 0 Å². The Kier molecular flexibility index (Phi) is 4.61. The molecule has 1 heterocycles. The van der Waals surface area contributed by atoms with Gasteiger partial charge in [0.15, 0.2) is 0 Å². The normalized spacial score (nSPS) is 12.9. The van der Waals surface area contributed by atoms with Crippen LogP contribution in [0.2, 0.25) is 0 Å². The first-order valence-corrected chi connectivity index (χ1v) is 7.32. The van der Waals surface area contributed by atoms with Crippen LogP contribution in [0.5, 0.6) is 0 Å². The van der Waals surface area contributed by atoms with Gasteiger partial charge in [0.05, 0.1) is 5.52 Å². The molecule has 2 rings (SSSR count). The van der Waals surface area contributed by atoms with Gasteiger partial charge in [0.25, 0.3) is 0 Å². The molecule has 0 saturated carbocycles. The topological polar surface area (TPSA) is 42.2 Å². The average Bonchev–Trinajstić information content (AvgIpc) is 2.43. The quantitative estimate of drug-likeness (QED) is 0.906. The maximum Gasteiger partial charge on any atom is 0.131 e. The molecule has 1 aromatic heterocycles. The zero-order valence-electron chi connectivity index (χ0n) is 12.9. The first-order valence-electron chi connectivity index (χ1n) is 7.32. The number of pyridine rings is 1. The number of nitrogens with two attached hydrogens (primary N) is 1. The number of hydrogen-bond donors (Lipinski definition) is 1. The van der Waals surface area contributed by atoms with Crippen molar-refractivity contribution in [2.75, 3.05) is 18.5 Å². The molecule has 1 aromatic carbocycles. The molecule has 3 heteroatoms. The van der Waals surface area contributed by atoms with Crippen LogP contribution in [0.3, 0.4) is 0 Å². The lowest BCUT2D eigenvalue weighted by atomic mass is 10.0. The zero-order chi connectivity index (χ0) is 14.7. The molecule has 0 amide bonds. The van der Waals surface area contributed by atoms with Gasteiger partial charge in [0.1, 0.15) is 5.82 Å². The van der Waals surface area contributed by atoms with Crippen LogP contribution in [0.15, 0.2) is 30.3 Å². The van der Waals surface area contributed by atoms with Gasteiger partial charge in [-0.25, -0.2) is 4.98 Å². The predicted molar refractivity (Wildman–Crippen MR) is 87.2 cm³/mol. The van der Waals surface area contributed by atoms with E-state index in [0.717, 1.165) is 24.3 Å². The van der Waals surface area contributed by atoms with Gasteiger partial charge < -0.3 is 10.6 Å². The number of rotatable bonds is 5. The van der Waals surface area contributed by atoms with E-state index < -0.39 is 0 Å². The summed E-state index contributed by atoms with van der Waals surface area (Å²) in [6.07, 6.45) is 0.988. The first kappa shape index (κ1) is 14.8. The third-order valence-corrected chi connectivity index (χ3v) is 3.90. The molecule has 3 nitrogen and oxygen atoms in total. The average molecular weight is 271 g/mol. The molecule has 0 aliphatic heterocycles. The van der Waals surface area contributed by atoms with Crippen molar-refractivity contribution in [1.82, 2.24) is 4.98 Å². The van der Waals surface area contributed by atoms with Gasteiger partial charge in [-0.1, -0.05) is 32.0 Å². The lowest BCUT2D eigenvalue weighted by Gasteiger charge is -2.24. The summed E-state index contributed by atoms with van der Waals surface area (Å²) in [5.74, 6) is 1.58. The second-order valence-electron chi connectivity index (χ2n) is 5.94. The van der Waals surface area contributed by atoms with Crippen molar-refractivity contribution in [3.63, 3.8) is 0 Å². The maximum absolute atomic E-state index is 6.12. The summed E-state index contributed by atoms with van der Waals surface area (Å²) in [6, 6.07) is 10.7. The van der Waals surface area contributed by atoms with E-state index in [9.17, 15) is 0 Å².